The first kappa shape index (κ1) is 19.6. The number of benzene rings is 1. The lowest BCUT2D eigenvalue weighted by Crippen LogP contribution is -2.37. The van der Waals surface area contributed by atoms with Crippen LogP contribution in [0.15, 0.2) is 38.3 Å². The topological polar surface area (TPSA) is 71.1 Å². The summed E-state index contributed by atoms with van der Waals surface area (Å²) in [6.07, 6.45) is 1.46. The lowest BCUT2D eigenvalue weighted by atomic mass is 10.2. The molecule has 7 nitrogen and oxygen atoms in total. The summed E-state index contributed by atoms with van der Waals surface area (Å²) in [4.78, 5) is 29.7. The Hall–Kier alpha value is -2.19. The molecule has 0 saturated heterocycles. The van der Waals surface area contributed by atoms with E-state index in [1.54, 1.807) is 7.05 Å². The highest BCUT2D eigenvalue weighted by Crippen LogP contribution is 2.18. The fourth-order valence-corrected chi connectivity index (χ4v) is 3.59. The molecule has 3 rings (SSSR count). The van der Waals surface area contributed by atoms with Crippen LogP contribution in [0.4, 0.5) is 0 Å². The van der Waals surface area contributed by atoms with Crippen molar-refractivity contribution < 1.29 is 4.74 Å². The van der Waals surface area contributed by atoms with Crippen molar-refractivity contribution in [2.24, 2.45) is 14.1 Å². The Kier molecular flexibility index (Phi) is 5.96. The Balaban J connectivity index is 2.14. The average molecular weight is 435 g/mol. The predicted molar refractivity (Wildman–Crippen MR) is 108 cm³/mol. The zero-order valence-corrected chi connectivity index (χ0v) is 17.3. The maximum atomic E-state index is 12.8. The Bertz CT molecular complexity index is 1080. The molecule has 2 aromatic heterocycles. The molecule has 0 amide bonds. The summed E-state index contributed by atoms with van der Waals surface area (Å²) in [6.45, 7) is 3.77. The molecule has 0 spiro atoms. The van der Waals surface area contributed by atoms with Gasteiger partial charge in [-0.1, -0.05) is 28.1 Å². The molecule has 0 bridgehead atoms. The van der Waals surface area contributed by atoms with E-state index in [1.165, 1.54) is 11.6 Å². The first-order chi connectivity index (χ1) is 12.9. The largest absolute Gasteiger partial charge is 0.382 e. The molecule has 0 aliphatic heterocycles. The van der Waals surface area contributed by atoms with Crippen LogP contribution in [-0.4, -0.2) is 31.9 Å². The van der Waals surface area contributed by atoms with Crippen LogP contribution in [0.1, 0.15) is 24.7 Å². The second-order valence-electron chi connectivity index (χ2n) is 6.42. The quantitative estimate of drug-likeness (QED) is 0.534. The number of imidazole rings is 1. The number of aryl methyl sites for hydroxylation is 2. The van der Waals surface area contributed by atoms with E-state index >= 15 is 0 Å². The van der Waals surface area contributed by atoms with Crippen molar-refractivity contribution in [3.8, 4) is 0 Å². The highest BCUT2D eigenvalue weighted by molar-refractivity contribution is 9.10. The van der Waals surface area contributed by atoms with Crippen LogP contribution in [0.2, 0.25) is 0 Å². The summed E-state index contributed by atoms with van der Waals surface area (Å²) in [5, 5.41) is 0. The van der Waals surface area contributed by atoms with Gasteiger partial charge in [0.1, 0.15) is 5.82 Å². The lowest BCUT2D eigenvalue weighted by molar-refractivity contribution is 0.144. The second-order valence-corrected chi connectivity index (χ2v) is 7.34. The minimum atomic E-state index is -0.375. The Morgan fingerprint density at radius 1 is 1.19 bits per heavy atom. The van der Waals surface area contributed by atoms with Gasteiger partial charge in [-0.2, -0.15) is 0 Å². The standard InChI is InChI=1S/C19H23BrN4O3/c1-4-27-10-6-9-15-21-17-16(18(25)23(3)19(26)22(17)2)24(15)12-13-7-5-8-14(20)11-13/h5,7-8,11H,4,6,9-10,12H2,1-3H3. The molecule has 144 valence electrons. The molecule has 0 saturated carbocycles. The van der Waals surface area contributed by atoms with Crippen LogP contribution >= 0.6 is 15.9 Å². The molecule has 2 heterocycles. The molecule has 0 radical (unpaired) electrons. The summed E-state index contributed by atoms with van der Waals surface area (Å²) in [5.74, 6) is 0.781. The number of aromatic nitrogens is 4. The zero-order chi connectivity index (χ0) is 19.6. The van der Waals surface area contributed by atoms with Gasteiger partial charge in [0, 0.05) is 44.7 Å². The molecule has 3 aromatic rings. The summed E-state index contributed by atoms with van der Waals surface area (Å²) in [5.41, 5.74) is 1.22. The monoisotopic (exact) mass is 434 g/mol. The summed E-state index contributed by atoms with van der Waals surface area (Å²) in [6, 6.07) is 7.94. The molecule has 0 aliphatic rings. The van der Waals surface area contributed by atoms with Gasteiger partial charge in [0.25, 0.3) is 5.56 Å². The third kappa shape index (κ3) is 3.91. The number of rotatable bonds is 7. The molecule has 27 heavy (non-hydrogen) atoms. The van der Waals surface area contributed by atoms with E-state index in [-0.39, 0.29) is 11.2 Å². The minimum absolute atomic E-state index is 0.327. The number of nitrogens with zero attached hydrogens (tertiary/aromatic N) is 4. The Labute approximate surface area is 165 Å². The fourth-order valence-electron chi connectivity index (χ4n) is 3.15. The van der Waals surface area contributed by atoms with Crippen LogP contribution in [0, 0.1) is 0 Å². The van der Waals surface area contributed by atoms with E-state index in [4.69, 9.17) is 4.74 Å². The van der Waals surface area contributed by atoms with Gasteiger partial charge in [0.05, 0.1) is 0 Å². The van der Waals surface area contributed by atoms with Gasteiger partial charge < -0.3 is 9.30 Å². The zero-order valence-electron chi connectivity index (χ0n) is 15.7. The maximum Gasteiger partial charge on any atom is 0.332 e. The molecule has 0 atom stereocenters. The maximum absolute atomic E-state index is 12.8. The van der Waals surface area contributed by atoms with E-state index in [2.05, 4.69) is 20.9 Å². The van der Waals surface area contributed by atoms with Crippen LogP contribution < -0.4 is 11.2 Å². The summed E-state index contributed by atoms with van der Waals surface area (Å²) < 4.78 is 10.9. The molecule has 0 aliphatic carbocycles. The van der Waals surface area contributed by atoms with Gasteiger partial charge in [0.2, 0.25) is 0 Å². The number of hydrogen-bond acceptors (Lipinski definition) is 4. The van der Waals surface area contributed by atoms with E-state index in [0.29, 0.717) is 37.3 Å². The highest BCUT2D eigenvalue weighted by Gasteiger charge is 2.19. The van der Waals surface area contributed by atoms with Crippen molar-refractivity contribution in [2.45, 2.75) is 26.3 Å². The van der Waals surface area contributed by atoms with E-state index < -0.39 is 0 Å². The third-order valence-electron chi connectivity index (χ3n) is 4.55. The van der Waals surface area contributed by atoms with Gasteiger partial charge >= 0.3 is 5.69 Å². The first-order valence-electron chi connectivity index (χ1n) is 8.91. The fraction of sp³-hybridized carbons (Fsp3) is 0.421. The van der Waals surface area contributed by atoms with E-state index in [9.17, 15) is 9.59 Å². The van der Waals surface area contributed by atoms with Gasteiger partial charge in [-0.15, -0.1) is 0 Å². The summed E-state index contributed by atoms with van der Waals surface area (Å²) in [7, 11) is 3.14. The lowest BCUT2D eigenvalue weighted by Gasteiger charge is -2.10. The normalized spacial score (nSPS) is 11.4. The third-order valence-corrected chi connectivity index (χ3v) is 5.04. The molecule has 8 heteroatoms. The van der Waals surface area contributed by atoms with Crippen LogP contribution in [0.3, 0.4) is 0 Å². The van der Waals surface area contributed by atoms with Gasteiger partial charge in [-0.05, 0) is 31.0 Å². The number of hydrogen-bond donors (Lipinski definition) is 0. The molecule has 1 aromatic carbocycles. The van der Waals surface area contributed by atoms with Crippen LogP contribution in [0.5, 0.6) is 0 Å². The Morgan fingerprint density at radius 3 is 2.67 bits per heavy atom. The van der Waals surface area contributed by atoms with Crippen molar-refractivity contribution in [1.29, 1.82) is 0 Å². The molecule has 0 unspecified atom stereocenters. The van der Waals surface area contributed by atoms with E-state index in [1.807, 2.05) is 35.8 Å². The second kappa shape index (κ2) is 8.22. The van der Waals surface area contributed by atoms with Crippen molar-refractivity contribution in [2.75, 3.05) is 13.2 Å². The van der Waals surface area contributed by atoms with Gasteiger partial charge in [-0.3, -0.25) is 13.9 Å². The molecular weight excluding hydrogens is 412 g/mol. The molecule has 0 fully saturated rings. The van der Waals surface area contributed by atoms with Crippen molar-refractivity contribution in [3.63, 3.8) is 0 Å². The molecule has 0 N–H and O–H groups in total. The van der Waals surface area contributed by atoms with Crippen molar-refractivity contribution in [3.05, 3.63) is 61.0 Å². The number of ether oxygens (including phenoxy) is 1. The average Bonchev–Trinajstić information content (AvgIpc) is 3.00. The molecular formula is C19H23BrN4O3. The van der Waals surface area contributed by atoms with Crippen molar-refractivity contribution >= 4 is 27.1 Å². The smallest absolute Gasteiger partial charge is 0.332 e. The summed E-state index contributed by atoms with van der Waals surface area (Å²) >= 11 is 3.49. The number of fused-ring (bicyclic) bond motifs is 1. The minimum Gasteiger partial charge on any atom is -0.382 e. The van der Waals surface area contributed by atoms with Gasteiger partial charge in [0.15, 0.2) is 11.2 Å². The highest BCUT2D eigenvalue weighted by atomic mass is 79.9. The van der Waals surface area contributed by atoms with Crippen molar-refractivity contribution in [1.82, 2.24) is 18.7 Å². The predicted octanol–water partition coefficient (Wildman–Crippen LogP) is 2.21. The Morgan fingerprint density at radius 2 is 1.96 bits per heavy atom. The first-order valence-corrected chi connectivity index (χ1v) is 9.70. The van der Waals surface area contributed by atoms with Gasteiger partial charge in [-0.25, -0.2) is 9.78 Å². The SMILES string of the molecule is CCOCCCc1nc2c(c(=O)n(C)c(=O)n2C)n1Cc1cccc(Br)c1. The van der Waals surface area contributed by atoms with Crippen LogP contribution in [-0.2, 0) is 31.8 Å². The van der Waals surface area contributed by atoms with Crippen LogP contribution in [0.25, 0.3) is 11.2 Å². The number of halogens is 1. The van der Waals surface area contributed by atoms with E-state index in [0.717, 1.165) is 26.8 Å².